The fourth-order valence-electron chi connectivity index (χ4n) is 3.26. The number of nitrogens with zero attached hydrogens (tertiary/aromatic N) is 1. The lowest BCUT2D eigenvalue weighted by atomic mass is 10.1. The molecule has 140 valence electrons. The molecule has 0 unspecified atom stereocenters. The van der Waals surface area contributed by atoms with Gasteiger partial charge in [0.1, 0.15) is 18.5 Å². The minimum Gasteiger partial charge on any atom is -0.382 e. The molecule has 0 radical (unpaired) electrons. The molecule has 1 aliphatic rings. The Labute approximate surface area is 149 Å². The number of alkyl halides is 3. The topological polar surface area (TPSA) is 27.9 Å². The van der Waals surface area contributed by atoms with Gasteiger partial charge in [-0.1, -0.05) is 24.3 Å². The fraction of sp³-hybridized carbons (Fsp3) is 0.368. The highest BCUT2D eigenvalue weighted by Crippen LogP contribution is 2.29. The van der Waals surface area contributed by atoms with Crippen molar-refractivity contribution in [3.63, 3.8) is 0 Å². The molecule has 2 aromatic rings. The van der Waals surface area contributed by atoms with Crippen LogP contribution in [0.2, 0.25) is 0 Å². The van der Waals surface area contributed by atoms with Crippen LogP contribution in [-0.2, 0) is 6.18 Å². The molecule has 0 amide bonds. The van der Waals surface area contributed by atoms with E-state index in [4.69, 9.17) is 0 Å². The second-order valence-corrected chi connectivity index (χ2v) is 6.53. The second kappa shape index (κ2) is 7.63. The molecule has 3 rings (SSSR count). The molecule has 1 saturated heterocycles. The van der Waals surface area contributed by atoms with Crippen LogP contribution in [0.4, 0.5) is 23.2 Å². The minimum atomic E-state index is -4.38. The lowest BCUT2D eigenvalue weighted by Crippen LogP contribution is -3.15. The van der Waals surface area contributed by atoms with Crippen LogP contribution in [0.15, 0.2) is 48.5 Å². The molecule has 1 fully saturated rings. The first kappa shape index (κ1) is 18.7. The molecular weight excluding hydrogens is 348 g/mol. The summed E-state index contributed by atoms with van der Waals surface area (Å²) in [5, 5.41) is 10.3. The molecule has 0 saturated carbocycles. The lowest BCUT2D eigenvalue weighted by molar-refractivity contribution is -0.904. The summed E-state index contributed by atoms with van der Waals surface area (Å²) in [6.45, 7) is 3.19. The van der Waals surface area contributed by atoms with Crippen molar-refractivity contribution in [3.8, 4) is 0 Å². The van der Waals surface area contributed by atoms with Gasteiger partial charge in [-0.3, -0.25) is 0 Å². The van der Waals surface area contributed by atoms with Gasteiger partial charge in [0, 0.05) is 0 Å². The predicted octanol–water partition coefficient (Wildman–Crippen LogP) is 2.28. The summed E-state index contributed by atoms with van der Waals surface area (Å²) >= 11 is 0. The maximum absolute atomic E-state index is 13.9. The maximum Gasteiger partial charge on any atom is 0.416 e. The van der Waals surface area contributed by atoms with Gasteiger partial charge in [-0.05, 0) is 29.8 Å². The number of anilines is 1. The zero-order valence-electron chi connectivity index (χ0n) is 14.1. The van der Waals surface area contributed by atoms with E-state index in [1.54, 1.807) is 18.2 Å². The molecule has 7 heteroatoms. The Kier molecular flexibility index (Phi) is 5.48. The zero-order valence-corrected chi connectivity index (χ0v) is 14.1. The highest BCUT2D eigenvalue weighted by atomic mass is 19.4. The van der Waals surface area contributed by atoms with Gasteiger partial charge in [-0.25, -0.2) is 4.39 Å². The van der Waals surface area contributed by atoms with Gasteiger partial charge in [0.2, 0.25) is 0 Å². The Balaban J connectivity index is 1.55. The Hall–Kier alpha value is -2.12. The van der Waals surface area contributed by atoms with Gasteiger partial charge in [-0.2, -0.15) is 13.2 Å². The van der Waals surface area contributed by atoms with Crippen LogP contribution in [0, 0.1) is 5.82 Å². The number of aliphatic hydroxyl groups is 1. The van der Waals surface area contributed by atoms with Gasteiger partial charge >= 0.3 is 6.18 Å². The first-order chi connectivity index (χ1) is 12.3. The number of aliphatic hydroxyl groups excluding tert-OH is 1. The first-order valence-electron chi connectivity index (χ1n) is 8.53. The van der Waals surface area contributed by atoms with E-state index in [1.807, 2.05) is 4.90 Å². The summed E-state index contributed by atoms with van der Waals surface area (Å²) in [6, 6.07) is 11.3. The highest BCUT2D eigenvalue weighted by Gasteiger charge is 2.30. The fourth-order valence-corrected chi connectivity index (χ4v) is 3.26. The standard InChI is InChI=1S/C19H20F4N2O/c20-16-3-1-2-4-17(16)25-11-9-24(10-12-25)13-18(26)14-5-7-15(8-6-14)19(21,22)23/h1-8,18,26H,9-13H2/p+1/t18-/m0/s1. The van der Waals surface area contributed by atoms with Crippen molar-refractivity contribution in [1.82, 2.24) is 0 Å². The molecule has 0 aromatic heterocycles. The lowest BCUT2D eigenvalue weighted by Gasteiger charge is -2.34. The van der Waals surface area contributed by atoms with Crippen molar-refractivity contribution in [3.05, 3.63) is 65.5 Å². The van der Waals surface area contributed by atoms with Crippen LogP contribution in [0.1, 0.15) is 17.2 Å². The number of halogens is 4. The summed E-state index contributed by atoms with van der Waals surface area (Å²) in [7, 11) is 0. The quantitative estimate of drug-likeness (QED) is 0.810. The summed E-state index contributed by atoms with van der Waals surface area (Å²) in [5.74, 6) is -0.249. The summed E-state index contributed by atoms with van der Waals surface area (Å²) in [5.41, 5.74) is 0.330. The van der Waals surface area contributed by atoms with Crippen molar-refractivity contribution in [2.45, 2.75) is 12.3 Å². The van der Waals surface area contributed by atoms with Crippen LogP contribution >= 0.6 is 0 Å². The number of quaternary nitrogens is 1. The normalized spacial score (nSPS) is 17.3. The molecule has 3 nitrogen and oxygen atoms in total. The average Bonchev–Trinajstić information content (AvgIpc) is 2.62. The molecule has 1 atom stereocenters. The van der Waals surface area contributed by atoms with Crippen molar-refractivity contribution < 1.29 is 27.6 Å². The smallest absolute Gasteiger partial charge is 0.382 e. The van der Waals surface area contributed by atoms with Crippen LogP contribution < -0.4 is 9.80 Å². The monoisotopic (exact) mass is 369 g/mol. The molecule has 26 heavy (non-hydrogen) atoms. The summed E-state index contributed by atoms with van der Waals surface area (Å²) < 4.78 is 51.7. The zero-order chi connectivity index (χ0) is 18.7. The molecule has 2 aromatic carbocycles. The Bertz CT molecular complexity index is 725. The third kappa shape index (κ3) is 4.34. The van der Waals surface area contributed by atoms with Crippen molar-refractivity contribution in [2.24, 2.45) is 0 Å². The van der Waals surface area contributed by atoms with E-state index >= 15 is 0 Å². The van der Waals surface area contributed by atoms with Crippen LogP contribution in [0.5, 0.6) is 0 Å². The number of hydrogen-bond acceptors (Lipinski definition) is 2. The maximum atomic E-state index is 13.9. The van der Waals surface area contributed by atoms with Crippen LogP contribution in [-0.4, -0.2) is 37.8 Å². The largest absolute Gasteiger partial charge is 0.416 e. The Morgan fingerprint density at radius 1 is 1.00 bits per heavy atom. The molecule has 0 bridgehead atoms. The third-order valence-corrected chi connectivity index (χ3v) is 4.77. The summed E-state index contributed by atoms with van der Waals surface area (Å²) in [6.07, 6.45) is -5.20. The minimum absolute atomic E-state index is 0.249. The van der Waals surface area contributed by atoms with Crippen molar-refractivity contribution in [1.29, 1.82) is 0 Å². The average molecular weight is 369 g/mol. The SMILES string of the molecule is O[C@@H](C[NH+]1CCN(c2ccccc2F)CC1)c1ccc(C(F)(F)F)cc1. The van der Waals surface area contributed by atoms with Crippen molar-refractivity contribution >= 4 is 5.69 Å². The molecule has 2 N–H and O–H groups in total. The van der Waals surface area contributed by atoms with E-state index in [2.05, 4.69) is 0 Å². The van der Waals surface area contributed by atoms with Crippen LogP contribution in [0.25, 0.3) is 0 Å². The van der Waals surface area contributed by atoms with E-state index < -0.39 is 17.8 Å². The van der Waals surface area contributed by atoms with E-state index in [0.29, 0.717) is 30.9 Å². The predicted molar refractivity (Wildman–Crippen MR) is 90.6 cm³/mol. The van der Waals surface area contributed by atoms with Crippen molar-refractivity contribution in [2.75, 3.05) is 37.6 Å². The van der Waals surface area contributed by atoms with E-state index in [9.17, 15) is 22.7 Å². The number of rotatable bonds is 4. The number of para-hydroxylation sites is 1. The van der Waals surface area contributed by atoms with Gasteiger partial charge < -0.3 is 14.9 Å². The first-order valence-corrected chi connectivity index (χ1v) is 8.53. The number of benzene rings is 2. The highest BCUT2D eigenvalue weighted by molar-refractivity contribution is 5.47. The number of nitrogens with one attached hydrogen (secondary N) is 1. The van der Waals surface area contributed by atoms with Gasteiger partial charge in [0.05, 0.1) is 37.4 Å². The number of hydrogen-bond donors (Lipinski definition) is 2. The number of piperazine rings is 1. The molecule has 1 aliphatic heterocycles. The van der Waals surface area contributed by atoms with Crippen LogP contribution in [0.3, 0.4) is 0 Å². The van der Waals surface area contributed by atoms with E-state index in [-0.39, 0.29) is 5.82 Å². The molecular formula is C19H21F4N2O+. The van der Waals surface area contributed by atoms with E-state index in [1.165, 1.54) is 18.2 Å². The molecule has 0 aliphatic carbocycles. The summed E-state index contributed by atoms with van der Waals surface area (Å²) in [4.78, 5) is 3.12. The molecule has 0 spiro atoms. The third-order valence-electron chi connectivity index (χ3n) is 4.77. The second-order valence-electron chi connectivity index (χ2n) is 6.53. The molecule has 1 heterocycles. The Morgan fingerprint density at radius 2 is 1.62 bits per heavy atom. The van der Waals surface area contributed by atoms with Gasteiger partial charge in [-0.15, -0.1) is 0 Å². The van der Waals surface area contributed by atoms with E-state index in [0.717, 1.165) is 30.1 Å². The van der Waals surface area contributed by atoms with Gasteiger partial charge in [0.25, 0.3) is 0 Å². The van der Waals surface area contributed by atoms with Gasteiger partial charge in [0.15, 0.2) is 0 Å². The Morgan fingerprint density at radius 3 is 2.19 bits per heavy atom.